The lowest BCUT2D eigenvalue weighted by atomic mass is 10.0. The first kappa shape index (κ1) is 27.2. The van der Waals surface area contributed by atoms with Crippen molar-refractivity contribution in [2.45, 2.75) is 44.4 Å². The average molecular weight is 562 g/mol. The number of nitrogens with zero attached hydrogens (tertiary/aromatic N) is 3. The molecule has 0 atom stereocenters. The quantitative estimate of drug-likeness (QED) is 0.329. The number of fused-ring (bicyclic) bond motifs is 1. The van der Waals surface area contributed by atoms with E-state index < -0.39 is 30.7 Å². The van der Waals surface area contributed by atoms with Gasteiger partial charge in [0.2, 0.25) is 6.41 Å². The molecule has 2 fully saturated rings. The number of alkyl halides is 2. The average Bonchev–Trinajstić information content (AvgIpc) is 3.79. The standard InChI is InChI=1S/C28H30ClF2N3O5/c29-24-11-19(3-6-26(24)38-16-18-1-2-18)15-33-27(36)23-12-21(39-22(13-30)14-31)4-5-25(23)34(28(33)37)20-7-9-32(17-35)10-8-20/h3-6,11-12,17-18,20,22H,1-2,7-10,13-16H2. The maximum absolute atomic E-state index is 13.8. The molecule has 0 bridgehead atoms. The molecule has 11 heteroatoms. The molecule has 8 nitrogen and oxygen atoms in total. The Hall–Kier alpha value is -3.40. The molecule has 1 amide bonds. The molecule has 5 rings (SSSR count). The Kier molecular flexibility index (Phi) is 8.20. The fourth-order valence-electron chi connectivity index (χ4n) is 4.91. The molecule has 2 heterocycles. The van der Waals surface area contributed by atoms with Crippen LogP contribution in [-0.2, 0) is 11.3 Å². The van der Waals surface area contributed by atoms with Gasteiger partial charge in [-0.05, 0) is 67.5 Å². The highest BCUT2D eigenvalue weighted by Gasteiger charge is 2.25. The zero-order valence-corrected chi connectivity index (χ0v) is 22.1. The zero-order valence-electron chi connectivity index (χ0n) is 21.4. The predicted octanol–water partition coefficient (Wildman–Crippen LogP) is 4.13. The van der Waals surface area contributed by atoms with Crippen LogP contribution in [0.5, 0.6) is 11.5 Å². The fraction of sp³-hybridized carbons (Fsp3) is 0.464. The van der Waals surface area contributed by atoms with Gasteiger partial charge in [-0.2, -0.15) is 0 Å². The van der Waals surface area contributed by atoms with E-state index in [-0.39, 0.29) is 23.7 Å². The summed E-state index contributed by atoms with van der Waals surface area (Å²) >= 11 is 6.44. The van der Waals surface area contributed by atoms with E-state index in [1.165, 1.54) is 12.1 Å². The molecule has 0 unspecified atom stereocenters. The zero-order chi connectivity index (χ0) is 27.5. The summed E-state index contributed by atoms with van der Waals surface area (Å²) in [7, 11) is 0. The summed E-state index contributed by atoms with van der Waals surface area (Å²) < 4.78 is 40.1. The Labute approximate surface area is 228 Å². The second kappa shape index (κ2) is 11.8. The van der Waals surface area contributed by atoms with Gasteiger partial charge in [-0.1, -0.05) is 17.7 Å². The van der Waals surface area contributed by atoms with Crippen LogP contribution in [0.3, 0.4) is 0 Å². The molecule has 2 aliphatic rings. The highest BCUT2D eigenvalue weighted by Crippen LogP contribution is 2.32. The smallest absolute Gasteiger partial charge is 0.332 e. The molecule has 208 valence electrons. The first-order chi connectivity index (χ1) is 18.9. The van der Waals surface area contributed by atoms with E-state index in [0.717, 1.165) is 23.8 Å². The van der Waals surface area contributed by atoms with Crippen LogP contribution in [0.25, 0.3) is 10.9 Å². The summed E-state index contributed by atoms with van der Waals surface area (Å²) in [6, 6.07) is 9.43. The fourth-order valence-corrected chi connectivity index (χ4v) is 5.17. The molecule has 1 aromatic heterocycles. The summed E-state index contributed by atoms with van der Waals surface area (Å²) in [4.78, 5) is 40.3. The van der Waals surface area contributed by atoms with E-state index in [2.05, 4.69) is 0 Å². The number of aromatic nitrogens is 2. The third-order valence-electron chi connectivity index (χ3n) is 7.31. The lowest BCUT2D eigenvalue weighted by molar-refractivity contribution is -0.119. The number of rotatable bonds is 11. The Balaban J connectivity index is 1.54. The molecular weight excluding hydrogens is 532 g/mol. The number of halogens is 3. The lowest BCUT2D eigenvalue weighted by Crippen LogP contribution is -2.44. The van der Waals surface area contributed by atoms with E-state index in [1.807, 2.05) is 0 Å². The highest BCUT2D eigenvalue weighted by molar-refractivity contribution is 6.32. The number of carbonyl (C=O) groups is 1. The first-order valence-corrected chi connectivity index (χ1v) is 13.5. The van der Waals surface area contributed by atoms with Gasteiger partial charge in [0.05, 0.1) is 29.1 Å². The number of piperidine rings is 1. The second-order valence-electron chi connectivity index (χ2n) is 10.2. The van der Waals surface area contributed by atoms with Crippen molar-refractivity contribution in [3.63, 3.8) is 0 Å². The molecule has 1 aliphatic carbocycles. The molecule has 1 aliphatic heterocycles. The second-order valence-corrected chi connectivity index (χ2v) is 10.6. The largest absolute Gasteiger partial charge is 0.492 e. The van der Waals surface area contributed by atoms with Crippen molar-refractivity contribution in [3.8, 4) is 11.5 Å². The van der Waals surface area contributed by atoms with Crippen LogP contribution in [0.15, 0.2) is 46.0 Å². The number of amides is 1. The molecule has 2 aromatic carbocycles. The van der Waals surface area contributed by atoms with Gasteiger partial charge >= 0.3 is 5.69 Å². The predicted molar refractivity (Wildman–Crippen MR) is 144 cm³/mol. The van der Waals surface area contributed by atoms with Gasteiger partial charge in [0.15, 0.2) is 6.10 Å². The van der Waals surface area contributed by atoms with E-state index in [4.69, 9.17) is 21.1 Å². The van der Waals surface area contributed by atoms with Crippen molar-refractivity contribution in [2.24, 2.45) is 5.92 Å². The number of likely N-dealkylation sites (tertiary alicyclic amines) is 1. The molecule has 1 saturated heterocycles. The number of hydrogen-bond acceptors (Lipinski definition) is 5. The third kappa shape index (κ3) is 5.95. The Bertz CT molecular complexity index is 1460. The van der Waals surface area contributed by atoms with Crippen molar-refractivity contribution in [1.29, 1.82) is 0 Å². The molecule has 0 radical (unpaired) electrons. The monoisotopic (exact) mass is 561 g/mol. The van der Waals surface area contributed by atoms with Crippen molar-refractivity contribution >= 4 is 28.9 Å². The lowest BCUT2D eigenvalue weighted by Gasteiger charge is -2.31. The minimum atomic E-state index is -1.29. The van der Waals surface area contributed by atoms with Crippen molar-refractivity contribution in [1.82, 2.24) is 14.0 Å². The van der Waals surface area contributed by atoms with Gasteiger partial charge in [0.25, 0.3) is 5.56 Å². The number of hydrogen-bond donors (Lipinski definition) is 0. The van der Waals surface area contributed by atoms with Crippen LogP contribution in [0.4, 0.5) is 8.78 Å². The van der Waals surface area contributed by atoms with Gasteiger partial charge in [-0.15, -0.1) is 0 Å². The van der Waals surface area contributed by atoms with Gasteiger partial charge in [-0.25, -0.2) is 13.6 Å². The minimum absolute atomic E-state index is 0.0356. The normalized spacial score (nSPS) is 16.2. The van der Waals surface area contributed by atoms with Gasteiger partial charge < -0.3 is 14.4 Å². The van der Waals surface area contributed by atoms with Crippen LogP contribution in [0.2, 0.25) is 5.02 Å². The molecular formula is C28H30ClF2N3O5. The minimum Gasteiger partial charge on any atom is -0.492 e. The van der Waals surface area contributed by atoms with Crippen LogP contribution in [0.1, 0.15) is 37.3 Å². The Morgan fingerprint density at radius 1 is 1.03 bits per heavy atom. The molecule has 0 N–H and O–H groups in total. The van der Waals surface area contributed by atoms with Crippen molar-refractivity contribution in [2.75, 3.05) is 33.0 Å². The number of ether oxygens (including phenoxy) is 2. The van der Waals surface area contributed by atoms with Crippen LogP contribution in [-0.4, -0.2) is 59.6 Å². The number of benzene rings is 2. The summed E-state index contributed by atoms with van der Waals surface area (Å²) in [5.74, 6) is 1.25. The maximum Gasteiger partial charge on any atom is 0.332 e. The summed E-state index contributed by atoms with van der Waals surface area (Å²) in [5.41, 5.74) is 0.00424. The van der Waals surface area contributed by atoms with Gasteiger partial charge in [0, 0.05) is 19.1 Å². The van der Waals surface area contributed by atoms with Crippen molar-refractivity contribution < 1.29 is 23.0 Å². The van der Waals surface area contributed by atoms with Crippen LogP contribution < -0.4 is 20.7 Å². The maximum atomic E-state index is 13.8. The summed E-state index contributed by atoms with van der Waals surface area (Å²) in [5, 5.41) is 0.583. The van der Waals surface area contributed by atoms with Gasteiger partial charge in [0.1, 0.15) is 24.8 Å². The number of carbonyl (C=O) groups excluding carboxylic acids is 1. The van der Waals surface area contributed by atoms with E-state index in [0.29, 0.717) is 60.3 Å². The topological polar surface area (TPSA) is 82.8 Å². The summed E-state index contributed by atoms with van der Waals surface area (Å²) in [6.45, 7) is -0.507. The molecule has 0 spiro atoms. The van der Waals surface area contributed by atoms with E-state index in [9.17, 15) is 23.2 Å². The molecule has 3 aromatic rings. The van der Waals surface area contributed by atoms with E-state index in [1.54, 1.807) is 33.7 Å². The van der Waals surface area contributed by atoms with Gasteiger partial charge in [-0.3, -0.25) is 18.7 Å². The van der Waals surface area contributed by atoms with Crippen LogP contribution in [0, 0.1) is 5.92 Å². The highest BCUT2D eigenvalue weighted by atomic mass is 35.5. The Morgan fingerprint density at radius 3 is 2.41 bits per heavy atom. The molecule has 39 heavy (non-hydrogen) atoms. The molecule has 1 saturated carbocycles. The van der Waals surface area contributed by atoms with E-state index >= 15 is 0 Å². The Morgan fingerprint density at radius 2 is 1.77 bits per heavy atom. The SMILES string of the molecule is O=CN1CCC(n2c(=O)n(Cc3ccc(OCC4CC4)c(Cl)c3)c(=O)c3cc(OC(CF)CF)ccc32)CC1. The van der Waals surface area contributed by atoms with Crippen LogP contribution >= 0.6 is 11.6 Å². The third-order valence-corrected chi connectivity index (χ3v) is 7.60. The first-order valence-electron chi connectivity index (χ1n) is 13.1. The summed E-state index contributed by atoms with van der Waals surface area (Å²) in [6.07, 6.45) is 2.87. The van der Waals surface area contributed by atoms with Crippen molar-refractivity contribution in [3.05, 3.63) is 67.8 Å².